The number of aryl methyl sites for hydroxylation is 1. The van der Waals surface area contributed by atoms with Crippen molar-refractivity contribution >= 4 is 48.2 Å². The van der Waals surface area contributed by atoms with Crippen molar-refractivity contribution in [1.29, 1.82) is 0 Å². The molecule has 40 heavy (non-hydrogen) atoms. The van der Waals surface area contributed by atoms with Gasteiger partial charge in [-0.15, -0.1) is 0 Å². The molecule has 1 saturated heterocycles. The van der Waals surface area contributed by atoms with E-state index in [0.717, 1.165) is 4.31 Å². The Bertz CT molecular complexity index is 1750. The molecule has 0 radical (unpaired) electrons. The third kappa shape index (κ3) is 5.56. The van der Waals surface area contributed by atoms with E-state index in [9.17, 15) is 21.6 Å². The fourth-order valence-corrected chi connectivity index (χ4v) is 7.63. The van der Waals surface area contributed by atoms with Gasteiger partial charge in [0.1, 0.15) is 6.54 Å². The molecule has 1 N–H and O–H groups in total. The molecule has 2 heterocycles. The fourth-order valence-electron chi connectivity index (χ4n) is 4.52. The lowest BCUT2D eigenvalue weighted by atomic mass is 10.2. The highest BCUT2D eigenvalue weighted by Crippen LogP contribution is 2.30. The summed E-state index contributed by atoms with van der Waals surface area (Å²) in [6, 6.07) is 21.1. The van der Waals surface area contributed by atoms with E-state index in [4.69, 9.17) is 4.74 Å². The highest BCUT2D eigenvalue weighted by Gasteiger charge is 2.30. The molecular weight excluding hydrogens is 552 g/mol. The number of benzene rings is 3. The smallest absolute Gasteiger partial charge is 0.264 e. The maximum Gasteiger partial charge on any atom is 0.264 e. The molecule has 4 aromatic rings. The number of rotatable bonds is 8. The first-order chi connectivity index (χ1) is 19.2. The van der Waals surface area contributed by atoms with Crippen LogP contribution in [0.25, 0.3) is 10.9 Å². The Morgan fingerprint density at radius 1 is 0.950 bits per heavy atom. The van der Waals surface area contributed by atoms with Crippen LogP contribution in [-0.2, 0) is 29.6 Å². The summed E-state index contributed by atoms with van der Waals surface area (Å²) in [5.41, 5.74) is 1.43. The standard InChI is InChI=1S/C28H28N4O6S2/c1-21-12-13-23(19-26(21)40(36,37)31-15-17-38-18-16-31)30-27(33)20-32(39(34,35)24-9-3-2-4-10-24)25-11-5-7-22-8-6-14-29-28(22)25/h2-14,19H,15-18,20H2,1H3,(H,30,33). The molecular formula is C28H28N4O6S2. The normalized spacial score (nSPS) is 14.6. The van der Waals surface area contributed by atoms with E-state index in [1.165, 1.54) is 22.5 Å². The van der Waals surface area contributed by atoms with Crippen molar-refractivity contribution in [2.75, 3.05) is 42.5 Å². The van der Waals surface area contributed by atoms with Crippen LogP contribution < -0.4 is 9.62 Å². The third-order valence-electron chi connectivity index (χ3n) is 6.56. The Hall–Kier alpha value is -3.84. The molecule has 0 atom stereocenters. The van der Waals surface area contributed by atoms with Gasteiger partial charge in [0.2, 0.25) is 15.9 Å². The quantitative estimate of drug-likeness (QED) is 0.339. The number of hydrogen-bond acceptors (Lipinski definition) is 7. The second-order valence-electron chi connectivity index (χ2n) is 9.22. The number of morpholine rings is 1. The zero-order valence-corrected chi connectivity index (χ0v) is 23.4. The number of carbonyl (C=O) groups excluding carboxylic acids is 1. The van der Waals surface area contributed by atoms with Crippen LogP contribution in [0.5, 0.6) is 0 Å². The maximum absolute atomic E-state index is 13.8. The summed E-state index contributed by atoms with van der Waals surface area (Å²) < 4.78 is 61.8. The Kier molecular flexibility index (Phi) is 7.86. The van der Waals surface area contributed by atoms with Gasteiger partial charge in [0.25, 0.3) is 10.0 Å². The molecule has 1 aromatic heterocycles. The lowest BCUT2D eigenvalue weighted by Gasteiger charge is -2.27. The van der Waals surface area contributed by atoms with Gasteiger partial charge in [-0.05, 0) is 48.9 Å². The molecule has 1 aliphatic rings. The van der Waals surface area contributed by atoms with E-state index in [-0.39, 0.29) is 34.3 Å². The van der Waals surface area contributed by atoms with Crippen molar-refractivity contribution in [2.24, 2.45) is 0 Å². The summed E-state index contributed by atoms with van der Waals surface area (Å²) in [7, 11) is -7.98. The molecule has 1 aliphatic heterocycles. The number of carbonyl (C=O) groups is 1. The summed E-state index contributed by atoms with van der Waals surface area (Å²) >= 11 is 0. The number of amides is 1. The third-order valence-corrected chi connectivity index (χ3v) is 10.4. The van der Waals surface area contributed by atoms with Crippen LogP contribution >= 0.6 is 0 Å². The van der Waals surface area contributed by atoms with Crippen LogP contribution in [0.1, 0.15) is 5.56 Å². The average molecular weight is 581 g/mol. The molecule has 0 aliphatic carbocycles. The molecule has 10 nitrogen and oxygen atoms in total. The van der Waals surface area contributed by atoms with E-state index < -0.39 is 32.5 Å². The average Bonchev–Trinajstić information content (AvgIpc) is 2.97. The van der Waals surface area contributed by atoms with Gasteiger partial charge in [0.15, 0.2) is 0 Å². The van der Waals surface area contributed by atoms with Crippen LogP contribution in [0.3, 0.4) is 0 Å². The minimum absolute atomic E-state index is 0.0185. The highest BCUT2D eigenvalue weighted by atomic mass is 32.2. The van der Waals surface area contributed by atoms with Gasteiger partial charge in [-0.3, -0.25) is 14.1 Å². The Labute approximate surface area is 233 Å². The van der Waals surface area contributed by atoms with Crippen molar-refractivity contribution in [3.05, 3.63) is 90.6 Å². The predicted molar refractivity (Wildman–Crippen MR) is 152 cm³/mol. The van der Waals surface area contributed by atoms with Gasteiger partial charge < -0.3 is 10.1 Å². The van der Waals surface area contributed by atoms with Crippen molar-refractivity contribution in [2.45, 2.75) is 16.7 Å². The number of sulfonamides is 2. The molecule has 3 aromatic carbocycles. The number of anilines is 2. The Morgan fingerprint density at radius 2 is 1.68 bits per heavy atom. The summed E-state index contributed by atoms with van der Waals surface area (Å²) in [5, 5.41) is 3.40. The molecule has 1 amide bonds. The number of aromatic nitrogens is 1. The zero-order chi connectivity index (χ0) is 28.3. The number of nitrogens with one attached hydrogen (secondary N) is 1. The largest absolute Gasteiger partial charge is 0.379 e. The first-order valence-electron chi connectivity index (χ1n) is 12.6. The number of hydrogen-bond donors (Lipinski definition) is 1. The van der Waals surface area contributed by atoms with Crippen molar-refractivity contribution in [3.8, 4) is 0 Å². The Balaban J connectivity index is 1.48. The van der Waals surface area contributed by atoms with Gasteiger partial charge in [0, 0.05) is 30.4 Å². The summed E-state index contributed by atoms with van der Waals surface area (Å²) in [5.74, 6) is -0.647. The number of para-hydroxylation sites is 1. The number of pyridine rings is 1. The molecule has 0 bridgehead atoms. The van der Waals surface area contributed by atoms with E-state index in [2.05, 4.69) is 10.3 Å². The van der Waals surface area contributed by atoms with Gasteiger partial charge in [-0.25, -0.2) is 16.8 Å². The Morgan fingerprint density at radius 3 is 2.42 bits per heavy atom. The van der Waals surface area contributed by atoms with Gasteiger partial charge in [-0.2, -0.15) is 4.31 Å². The number of nitrogens with zero attached hydrogens (tertiary/aromatic N) is 3. The minimum Gasteiger partial charge on any atom is -0.379 e. The van der Waals surface area contributed by atoms with Crippen LogP contribution in [0.2, 0.25) is 0 Å². The molecule has 0 unspecified atom stereocenters. The molecule has 0 saturated carbocycles. The lowest BCUT2D eigenvalue weighted by molar-refractivity contribution is -0.114. The van der Waals surface area contributed by atoms with Gasteiger partial charge in [-0.1, -0.05) is 42.5 Å². The van der Waals surface area contributed by atoms with Crippen molar-refractivity contribution in [1.82, 2.24) is 9.29 Å². The topological polar surface area (TPSA) is 126 Å². The van der Waals surface area contributed by atoms with Crippen LogP contribution in [0.4, 0.5) is 11.4 Å². The zero-order valence-electron chi connectivity index (χ0n) is 21.7. The summed E-state index contributed by atoms with van der Waals surface area (Å²) in [6.45, 7) is 2.22. The van der Waals surface area contributed by atoms with E-state index >= 15 is 0 Å². The SMILES string of the molecule is Cc1ccc(NC(=O)CN(c2cccc3cccnc23)S(=O)(=O)c2ccccc2)cc1S(=O)(=O)N1CCOCC1. The van der Waals surface area contributed by atoms with E-state index in [1.54, 1.807) is 61.7 Å². The van der Waals surface area contributed by atoms with E-state index in [1.807, 2.05) is 12.1 Å². The molecule has 208 valence electrons. The lowest BCUT2D eigenvalue weighted by Crippen LogP contribution is -2.41. The minimum atomic E-state index is -4.17. The fraction of sp³-hybridized carbons (Fsp3) is 0.214. The van der Waals surface area contributed by atoms with Crippen molar-refractivity contribution in [3.63, 3.8) is 0 Å². The second-order valence-corrected chi connectivity index (χ2v) is 13.0. The van der Waals surface area contributed by atoms with Crippen LogP contribution in [0, 0.1) is 6.92 Å². The maximum atomic E-state index is 13.8. The first-order valence-corrected chi connectivity index (χ1v) is 15.5. The summed E-state index contributed by atoms with van der Waals surface area (Å²) in [4.78, 5) is 17.8. The van der Waals surface area contributed by atoms with Gasteiger partial charge >= 0.3 is 0 Å². The van der Waals surface area contributed by atoms with Gasteiger partial charge in [0.05, 0.1) is 34.2 Å². The van der Waals surface area contributed by atoms with E-state index in [0.29, 0.717) is 29.7 Å². The van der Waals surface area contributed by atoms with Crippen molar-refractivity contribution < 1.29 is 26.4 Å². The first kappa shape index (κ1) is 27.7. The molecule has 5 rings (SSSR count). The highest BCUT2D eigenvalue weighted by molar-refractivity contribution is 7.93. The van der Waals surface area contributed by atoms with Crippen LogP contribution in [0.15, 0.2) is 94.9 Å². The van der Waals surface area contributed by atoms with Crippen LogP contribution in [-0.4, -0.2) is 64.9 Å². The molecule has 1 fully saturated rings. The molecule has 0 spiro atoms. The number of fused-ring (bicyclic) bond motifs is 1. The predicted octanol–water partition coefficient (Wildman–Crippen LogP) is 3.40. The molecule has 12 heteroatoms. The summed E-state index contributed by atoms with van der Waals surface area (Å²) in [6.07, 6.45) is 1.56. The number of ether oxygens (including phenoxy) is 1. The monoisotopic (exact) mass is 580 g/mol. The second kappa shape index (κ2) is 11.3.